The van der Waals surface area contributed by atoms with Crippen molar-refractivity contribution in [2.24, 2.45) is 11.7 Å². The third-order valence-electron chi connectivity index (χ3n) is 3.76. The molecule has 112 valence electrons. The highest BCUT2D eigenvalue weighted by atomic mass is 16.1. The Balaban J connectivity index is 4.60. The molecule has 0 radical (unpaired) electrons. The van der Waals surface area contributed by atoms with Crippen LogP contribution in [0.4, 0.5) is 0 Å². The number of rotatable bonds is 10. The lowest BCUT2D eigenvalue weighted by atomic mass is 9.78. The predicted octanol–water partition coefficient (Wildman–Crippen LogP) is 3.39. The van der Waals surface area contributed by atoms with Crippen molar-refractivity contribution in [3.8, 4) is 0 Å². The molecule has 0 aliphatic rings. The molecule has 0 bridgehead atoms. The van der Waals surface area contributed by atoms with Gasteiger partial charge in [-0.2, -0.15) is 0 Å². The van der Waals surface area contributed by atoms with Crippen LogP contribution in [-0.4, -0.2) is 17.5 Å². The van der Waals surface area contributed by atoms with Crippen LogP contribution < -0.4 is 11.1 Å². The van der Waals surface area contributed by atoms with Gasteiger partial charge < -0.3 is 11.1 Å². The van der Waals surface area contributed by atoms with E-state index in [-0.39, 0.29) is 17.5 Å². The van der Waals surface area contributed by atoms with Crippen LogP contribution in [0.25, 0.3) is 0 Å². The molecule has 1 amide bonds. The zero-order chi connectivity index (χ0) is 14.9. The Hall–Kier alpha value is -0.830. The van der Waals surface area contributed by atoms with Crippen LogP contribution in [0.5, 0.6) is 0 Å². The van der Waals surface area contributed by atoms with Crippen LogP contribution in [0.2, 0.25) is 0 Å². The molecule has 0 fully saturated rings. The Kier molecular flexibility index (Phi) is 8.73. The van der Waals surface area contributed by atoms with Gasteiger partial charge in [0.1, 0.15) is 0 Å². The Morgan fingerprint density at radius 2 is 1.95 bits per heavy atom. The molecule has 2 unspecified atom stereocenters. The Labute approximate surface area is 119 Å². The summed E-state index contributed by atoms with van der Waals surface area (Å²) in [5.41, 5.74) is 6.03. The number of hydrogen-bond acceptors (Lipinski definition) is 2. The van der Waals surface area contributed by atoms with Gasteiger partial charge in [-0.1, -0.05) is 46.1 Å². The highest BCUT2D eigenvalue weighted by molar-refractivity contribution is 5.87. The second-order valence-corrected chi connectivity index (χ2v) is 6.00. The van der Waals surface area contributed by atoms with Crippen molar-refractivity contribution >= 4 is 5.91 Å². The van der Waals surface area contributed by atoms with E-state index in [1.807, 2.05) is 0 Å². The van der Waals surface area contributed by atoms with Crippen LogP contribution in [-0.2, 0) is 4.79 Å². The summed E-state index contributed by atoms with van der Waals surface area (Å²) in [4.78, 5) is 11.5. The van der Waals surface area contributed by atoms with E-state index in [0.29, 0.717) is 5.92 Å². The molecule has 0 aromatic heterocycles. The molecule has 3 N–H and O–H groups in total. The van der Waals surface area contributed by atoms with Crippen molar-refractivity contribution < 1.29 is 4.79 Å². The molecule has 0 rings (SSSR count). The van der Waals surface area contributed by atoms with Crippen LogP contribution in [0.3, 0.4) is 0 Å². The minimum Gasteiger partial charge on any atom is -0.350 e. The maximum atomic E-state index is 11.5. The van der Waals surface area contributed by atoms with Gasteiger partial charge in [0.05, 0.1) is 0 Å². The monoisotopic (exact) mass is 268 g/mol. The van der Waals surface area contributed by atoms with Crippen molar-refractivity contribution in [3.05, 3.63) is 12.7 Å². The van der Waals surface area contributed by atoms with E-state index in [1.165, 1.54) is 31.8 Å². The minimum absolute atomic E-state index is 0.102. The molecule has 0 aromatic carbocycles. The lowest BCUT2D eigenvalue weighted by Crippen LogP contribution is -2.52. The van der Waals surface area contributed by atoms with Crippen molar-refractivity contribution in [2.75, 3.05) is 0 Å². The minimum atomic E-state index is -0.276. The molecule has 19 heavy (non-hydrogen) atoms. The van der Waals surface area contributed by atoms with Gasteiger partial charge in [-0.15, -0.1) is 0 Å². The lowest BCUT2D eigenvalue weighted by Gasteiger charge is -2.37. The topological polar surface area (TPSA) is 55.1 Å². The fourth-order valence-electron chi connectivity index (χ4n) is 2.61. The highest BCUT2D eigenvalue weighted by Crippen LogP contribution is 2.26. The zero-order valence-corrected chi connectivity index (χ0v) is 13.2. The van der Waals surface area contributed by atoms with Crippen molar-refractivity contribution in [1.29, 1.82) is 0 Å². The van der Waals surface area contributed by atoms with Crippen LogP contribution in [0.15, 0.2) is 12.7 Å². The van der Waals surface area contributed by atoms with E-state index in [2.05, 4.69) is 39.6 Å². The summed E-state index contributed by atoms with van der Waals surface area (Å²) in [6.07, 6.45) is 8.24. The van der Waals surface area contributed by atoms with E-state index < -0.39 is 0 Å². The van der Waals surface area contributed by atoms with Gasteiger partial charge in [-0.05, 0) is 38.7 Å². The molecular weight excluding hydrogens is 236 g/mol. The van der Waals surface area contributed by atoms with E-state index in [9.17, 15) is 4.79 Å². The first kappa shape index (κ1) is 18.2. The molecule has 2 atom stereocenters. The summed E-state index contributed by atoms with van der Waals surface area (Å²) in [6.45, 7) is 11.9. The third kappa shape index (κ3) is 7.36. The average Bonchev–Trinajstić information content (AvgIpc) is 2.35. The summed E-state index contributed by atoms with van der Waals surface area (Å²) < 4.78 is 0. The fraction of sp³-hybridized carbons (Fsp3) is 0.812. The number of carbonyl (C=O) groups excluding carboxylic acids is 1. The molecule has 0 aliphatic carbocycles. The molecule has 0 aliphatic heterocycles. The molecule has 3 nitrogen and oxygen atoms in total. The van der Waals surface area contributed by atoms with E-state index in [1.54, 1.807) is 0 Å². The highest BCUT2D eigenvalue weighted by Gasteiger charge is 2.31. The SMILES string of the molecule is C=CC(=O)NC(CC)C(CCCCCC)C(C)(C)N. The van der Waals surface area contributed by atoms with E-state index >= 15 is 0 Å². The number of nitrogens with two attached hydrogens (primary N) is 1. The number of hydrogen-bond donors (Lipinski definition) is 2. The second kappa shape index (κ2) is 9.13. The number of unbranched alkanes of at least 4 members (excludes halogenated alkanes) is 3. The second-order valence-electron chi connectivity index (χ2n) is 6.00. The predicted molar refractivity (Wildman–Crippen MR) is 82.9 cm³/mol. The van der Waals surface area contributed by atoms with Crippen molar-refractivity contribution in [3.63, 3.8) is 0 Å². The number of carbonyl (C=O) groups is 1. The maximum absolute atomic E-state index is 11.5. The van der Waals surface area contributed by atoms with Gasteiger partial charge in [-0.3, -0.25) is 4.79 Å². The largest absolute Gasteiger partial charge is 0.350 e. The van der Waals surface area contributed by atoms with Gasteiger partial charge in [0, 0.05) is 11.6 Å². The molecular formula is C16H32N2O. The first-order valence-electron chi connectivity index (χ1n) is 7.58. The first-order chi connectivity index (χ1) is 8.86. The summed E-state index contributed by atoms with van der Waals surface area (Å²) in [5, 5.41) is 3.03. The summed E-state index contributed by atoms with van der Waals surface area (Å²) in [7, 11) is 0. The summed E-state index contributed by atoms with van der Waals surface area (Å²) in [6, 6.07) is 0.132. The molecule has 0 aromatic rings. The van der Waals surface area contributed by atoms with Crippen molar-refractivity contribution in [1.82, 2.24) is 5.32 Å². The molecule has 0 saturated heterocycles. The fourth-order valence-corrected chi connectivity index (χ4v) is 2.61. The van der Waals surface area contributed by atoms with Gasteiger partial charge >= 0.3 is 0 Å². The number of amides is 1. The normalized spacial score (nSPS) is 14.8. The van der Waals surface area contributed by atoms with E-state index in [4.69, 9.17) is 5.73 Å². The first-order valence-corrected chi connectivity index (χ1v) is 7.58. The Morgan fingerprint density at radius 1 is 1.32 bits per heavy atom. The van der Waals surface area contributed by atoms with Gasteiger partial charge in [-0.25, -0.2) is 0 Å². The van der Waals surface area contributed by atoms with Crippen LogP contribution in [0.1, 0.15) is 66.2 Å². The maximum Gasteiger partial charge on any atom is 0.243 e. The lowest BCUT2D eigenvalue weighted by molar-refractivity contribution is -0.117. The van der Waals surface area contributed by atoms with Gasteiger partial charge in [0.15, 0.2) is 0 Å². The molecule has 3 heteroatoms. The number of nitrogens with one attached hydrogen (secondary N) is 1. The third-order valence-corrected chi connectivity index (χ3v) is 3.76. The quantitative estimate of drug-likeness (QED) is 0.471. The molecule has 0 heterocycles. The Morgan fingerprint density at radius 3 is 2.37 bits per heavy atom. The smallest absolute Gasteiger partial charge is 0.243 e. The summed E-state index contributed by atoms with van der Waals surface area (Å²) >= 11 is 0. The summed E-state index contributed by atoms with van der Waals surface area (Å²) in [5.74, 6) is 0.202. The molecule has 0 spiro atoms. The zero-order valence-electron chi connectivity index (χ0n) is 13.2. The van der Waals surface area contributed by atoms with Gasteiger partial charge in [0.2, 0.25) is 5.91 Å². The van der Waals surface area contributed by atoms with Gasteiger partial charge in [0.25, 0.3) is 0 Å². The standard InChI is InChI=1S/C16H32N2O/c1-6-9-10-11-12-13(16(4,5)17)14(7-2)18-15(19)8-3/h8,13-14H,3,6-7,9-12,17H2,1-2,4-5H3,(H,18,19). The molecule has 0 saturated carbocycles. The Bertz CT molecular complexity index is 268. The van der Waals surface area contributed by atoms with Crippen molar-refractivity contribution in [2.45, 2.75) is 77.8 Å². The average molecular weight is 268 g/mol. The van der Waals surface area contributed by atoms with E-state index in [0.717, 1.165) is 12.8 Å². The van der Waals surface area contributed by atoms with Crippen LogP contribution >= 0.6 is 0 Å². The van der Waals surface area contributed by atoms with Crippen LogP contribution in [0, 0.1) is 5.92 Å².